The molecule has 3 rings (SSSR count). The molecule has 7 heteroatoms. The third-order valence-corrected chi connectivity index (χ3v) is 5.05. The highest BCUT2D eigenvalue weighted by molar-refractivity contribution is 5.52. The van der Waals surface area contributed by atoms with Crippen molar-refractivity contribution in [2.75, 3.05) is 37.8 Å². The number of anilines is 2. The van der Waals surface area contributed by atoms with Gasteiger partial charge < -0.3 is 20.1 Å². The zero-order valence-corrected chi connectivity index (χ0v) is 17.2. The average Bonchev–Trinajstić information content (AvgIpc) is 2.93. The predicted octanol–water partition coefficient (Wildman–Crippen LogP) is 2.98. The highest BCUT2D eigenvalue weighted by atomic mass is 16.5. The second kappa shape index (κ2) is 8.69. The van der Waals surface area contributed by atoms with Crippen LogP contribution < -0.4 is 10.6 Å². The van der Waals surface area contributed by atoms with Gasteiger partial charge in [-0.3, -0.25) is 0 Å². The molecule has 0 amide bonds. The monoisotopic (exact) mass is 372 g/mol. The number of hydrogen-bond donors (Lipinski definition) is 2. The van der Waals surface area contributed by atoms with Crippen molar-refractivity contribution in [2.45, 2.75) is 58.9 Å². The van der Waals surface area contributed by atoms with E-state index in [-0.39, 0.29) is 6.04 Å². The van der Waals surface area contributed by atoms with Gasteiger partial charge in [0.1, 0.15) is 11.6 Å². The summed E-state index contributed by atoms with van der Waals surface area (Å²) in [7, 11) is 4.15. The molecule has 2 heterocycles. The second-order valence-electron chi connectivity index (χ2n) is 7.82. The van der Waals surface area contributed by atoms with Crippen LogP contribution in [0.1, 0.15) is 48.0 Å². The summed E-state index contributed by atoms with van der Waals surface area (Å²) in [5, 5.41) is 11.0. The molecule has 0 spiro atoms. The molecule has 0 aromatic carbocycles. The molecule has 2 N–H and O–H groups in total. The Balaban J connectivity index is 1.73. The Morgan fingerprint density at radius 1 is 1.15 bits per heavy atom. The van der Waals surface area contributed by atoms with Crippen molar-refractivity contribution in [1.29, 1.82) is 0 Å². The van der Waals surface area contributed by atoms with E-state index in [9.17, 15) is 0 Å². The van der Waals surface area contributed by atoms with E-state index in [1.807, 2.05) is 13.8 Å². The number of likely N-dealkylation sites (N-methyl/N-ethyl adjacent to an activating group) is 1. The van der Waals surface area contributed by atoms with Gasteiger partial charge >= 0.3 is 0 Å². The van der Waals surface area contributed by atoms with Gasteiger partial charge in [0.15, 0.2) is 0 Å². The number of nitrogens with one attached hydrogen (secondary N) is 2. The normalized spacial score (nSPS) is 14.9. The van der Waals surface area contributed by atoms with Gasteiger partial charge in [-0.25, -0.2) is 4.98 Å². The Labute approximate surface area is 161 Å². The minimum atomic E-state index is 0.289. The maximum atomic E-state index is 5.27. The van der Waals surface area contributed by atoms with Crippen LogP contribution in [-0.4, -0.2) is 53.3 Å². The van der Waals surface area contributed by atoms with E-state index < -0.39 is 0 Å². The molecule has 2 aromatic rings. The molecule has 2 aromatic heterocycles. The topological polar surface area (TPSA) is 79.1 Å². The Morgan fingerprint density at radius 2 is 1.93 bits per heavy atom. The lowest BCUT2D eigenvalue weighted by atomic mass is 9.96. The largest absolute Gasteiger partial charge is 0.369 e. The van der Waals surface area contributed by atoms with Crippen molar-refractivity contribution in [1.82, 2.24) is 20.0 Å². The van der Waals surface area contributed by atoms with E-state index >= 15 is 0 Å². The number of hydrogen-bond acceptors (Lipinski definition) is 7. The van der Waals surface area contributed by atoms with Crippen LogP contribution in [0.4, 0.5) is 11.8 Å². The third-order valence-electron chi connectivity index (χ3n) is 5.05. The summed E-state index contributed by atoms with van der Waals surface area (Å²) in [4.78, 5) is 11.8. The van der Waals surface area contributed by atoms with Crippen molar-refractivity contribution in [2.24, 2.45) is 0 Å². The first kappa shape index (κ1) is 19.6. The van der Waals surface area contributed by atoms with Crippen LogP contribution >= 0.6 is 0 Å². The minimum Gasteiger partial charge on any atom is -0.369 e. The summed E-state index contributed by atoms with van der Waals surface area (Å²) in [6.07, 6.45) is 5.37. The first-order valence-corrected chi connectivity index (χ1v) is 9.90. The maximum Gasteiger partial charge on any atom is 0.225 e. The Morgan fingerprint density at radius 3 is 2.63 bits per heavy atom. The van der Waals surface area contributed by atoms with Gasteiger partial charge in [-0.05, 0) is 67.0 Å². The summed E-state index contributed by atoms with van der Waals surface area (Å²) in [6, 6.07) is 0.289. The molecular formula is C20H32N6O. The van der Waals surface area contributed by atoms with Crippen LogP contribution in [0.15, 0.2) is 4.52 Å². The lowest BCUT2D eigenvalue weighted by Crippen LogP contribution is -2.30. The lowest BCUT2D eigenvalue weighted by Gasteiger charge is -2.22. The Bertz CT molecular complexity index is 751. The Hall–Kier alpha value is -2.15. The quantitative estimate of drug-likeness (QED) is 0.737. The SMILES string of the molecule is Cc1noc(C)c1CCNc1nc(N[C@H](C)CN(C)C)nc2c1CCCC2. The molecule has 0 bridgehead atoms. The van der Waals surface area contributed by atoms with Gasteiger partial charge in [0.2, 0.25) is 5.95 Å². The molecule has 0 unspecified atom stereocenters. The first-order chi connectivity index (χ1) is 12.9. The molecule has 0 aliphatic heterocycles. The molecule has 0 fully saturated rings. The molecule has 1 atom stereocenters. The van der Waals surface area contributed by atoms with E-state index in [0.29, 0.717) is 0 Å². The van der Waals surface area contributed by atoms with Crippen LogP contribution in [-0.2, 0) is 19.3 Å². The van der Waals surface area contributed by atoms with Crippen molar-refractivity contribution < 1.29 is 4.52 Å². The fourth-order valence-corrected chi connectivity index (χ4v) is 3.78. The van der Waals surface area contributed by atoms with E-state index in [1.165, 1.54) is 29.7 Å². The molecule has 27 heavy (non-hydrogen) atoms. The van der Waals surface area contributed by atoms with E-state index in [0.717, 1.165) is 55.6 Å². The summed E-state index contributed by atoms with van der Waals surface area (Å²) in [5.41, 5.74) is 4.63. The number of aromatic nitrogens is 3. The van der Waals surface area contributed by atoms with Crippen LogP contribution in [0.25, 0.3) is 0 Å². The number of nitrogens with zero attached hydrogens (tertiary/aromatic N) is 4. The van der Waals surface area contributed by atoms with Crippen molar-refractivity contribution in [3.8, 4) is 0 Å². The molecule has 148 valence electrons. The fourth-order valence-electron chi connectivity index (χ4n) is 3.78. The highest BCUT2D eigenvalue weighted by Gasteiger charge is 2.19. The van der Waals surface area contributed by atoms with Crippen molar-refractivity contribution in [3.05, 3.63) is 28.3 Å². The van der Waals surface area contributed by atoms with Crippen LogP contribution in [0.3, 0.4) is 0 Å². The molecule has 7 nitrogen and oxygen atoms in total. The number of aryl methyl sites for hydroxylation is 3. The maximum absolute atomic E-state index is 5.27. The third kappa shape index (κ3) is 4.97. The van der Waals surface area contributed by atoms with Gasteiger partial charge in [-0.2, -0.15) is 4.98 Å². The van der Waals surface area contributed by atoms with Gasteiger partial charge in [-0.1, -0.05) is 5.16 Å². The van der Waals surface area contributed by atoms with E-state index in [4.69, 9.17) is 14.5 Å². The zero-order chi connectivity index (χ0) is 19.4. The summed E-state index contributed by atoms with van der Waals surface area (Å²) < 4.78 is 5.27. The number of rotatable bonds is 8. The zero-order valence-electron chi connectivity index (χ0n) is 17.2. The van der Waals surface area contributed by atoms with Crippen molar-refractivity contribution >= 4 is 11.8 Å². The number of fused-ring (bicyclic) bond motifs is 1. The lowest BCUT2D eigenvalue weighted by molar-refractivity contribution is 0.391. The summed E-state index contributed by atoms with van der Waals surface area (Å²) in [6.45, 7) is 7.87. The smallest absolute Gasteiger partial charge is 0.225 e. The van der Waals surface area contributed by atoms with E-state index in [1.54, 1.807) is 0 Å². The molecular weight excluding hydrogens is 340 g/mol. The van der Waals surface area contributed by atoms with Gasteiger partial charge in [0.25, 0.3) is 0 Å². The van der Waals surface area contributed by atoms with Crippen molar-refractivity contribution in [3.63, 3.8) is 0 Å². The predicted molar refractivity (Wildman–Crippen MR) is 108 cm³/mol. The summed E-state index contributed by atoms with van der Waals surface area (Å²) in [5.74, 6) is 2.61. The van der Waals surface area contributed by atoms with Crippen LogP contribution in [0.5, 0.6) is 0 Å². The Kier molecular flexibility index (Phi) is 6.31. The second-order valence-corrected chi connectivity index (χ2v) is 7.82. The highest BCUT2D eigenvalue weighted by Crippen LogP contribution is 2.27. The summed E-state index contributed by atoms with van der Waals surface area (Å²) >= 11 is 0. The van der Waals surface area contributed by atoms with Crippen LogP contribution in [0.2, 0.25) is 0 Å². The first-order valence-electron chi connectivity index (χ1n) is 9.90. The molecule has 1 aliphatic carbocycles. The fraction of sp³-hybridized carbons (Fsp3) is 0.650. The standard InChI is InChI=1S/C20H32N6O/c1-13(12-26(4)5)22-20-23-18-9-7-6-8-17(18)19(24-20)21-11-10-16-14(2)25-27-15(16)3/h13H,6-12H2,1-5H3,(H2,21,22,23,24)/t13-/m1/s1. The molecule has 1 aliphatic rings. The van der Waals surface area contributed by atoms with Gasteiger partial charge in [0.05, 0.1) is 11.4 Å². The van der Waals surface area contributed by atoms with E-state index in [2.05, 4.69) is 41.7 Å². The van der Waals surface area contributed by atoms with Gasteiger partial charge in [-0.15, -0.1) is 0 Å². The van der Waals surface area contributed by atoms with Gasteiger partial charge in [0, 0.05) is 30.3 Å². The van der Waals surface area contributed by atoms with Crippen LogP contribution in [0, 0.1) is 13.8 Å². The molecule has 0 radical (unpaired) electrons. The minimum absolute atomic E-state index is 0.289. The molecule has 0 saturated carbocycles. The average molecular weight is 373 g/mol. The molecule has 0 saturated heterocycles.